The highest BCUT2D eigenvalue weighted by Crippen LogP contribution is 2.18. The third-order valence-electron chi connectivity index (χ3n) is 4.49. The van der Waals surface area contributed by atoms with E-state index in [1.54, 1.807) is 48.5 Å². The number of anilines is 1. The van der Waals surface area contributed by atoms with Gasteiger partial charge < -0.3 is 15.4 Å². The number of hydrogen-bond acceptors (Lipinski definition) is 3. The van der Waals surface area contributed by atoms with E-state index in [2.05, 4.69) is 24.5 Å². The van der Waals surface area contributed by atoms with Gasteiger partial charge in [0.2, 0.25) is 0 Å². The average Bonchev–Trinajstić information content (AvgIpc) is 2.68. The third-order valence-corrected chi connectivity index (χ3v) is 4.49. The summed E-state index contributed by atoms with van der Waals surface area (Å²) < 4.78 is 5.68. The summed E-state index contributed by atoms with van der Waals surface area (Å²) >= 11 is 0. The Morgan fingerprint density at radius 1 is 0.964 bits per heavy atom. The maximum absolute atomic E-state index is 12.6. The Balaban J connectivity index is 2.04. The normalized spacial score (nSPS) is 11.8. The number of rotatable bonds is 9. The van der Waals surface area contributed by atoms with Crippen molar-refractivity contribution in [2.45, 2.75) is 46.6 Å². The molecule has 0 radical (unpaired) electrons. The largest absolute Gasteiger partial charge is 0.494 e. The molecule has 2 aromatic carbocycles. The second-order valence-corrected chi connectivity index (χ2v) is 7.34. The number of benzene rings is 2. The lowest BCUT2D eigenvalue weighted by Crippen LogP contribution is -2.32. The van der Waals surface area contributed by atoms with E-state index in [0.29, 0.717) is 29.3 Å². The van der Waals surface area contributed by atoms with Gasteiger partial charge in [-0.05, 0) is 62.1 Å². The molecule has 150 valence electrons. The van der Waals surface area contributed by atoms with Crippen LogP contribution in [0.2, 0.25) is 0 Å². The Labute approximate surface area is 167 Å². The predicted molar refractivity (Wildman–Crippen MR) is 113 cm³/mol. The van der Waals surface area contributed by atoms with E-state index >= 15 is 0 Å². The lowest BCUT2D eigenvalue weighted by Gasteiger charge is -2.15. The van der Waals surface area contributed by atoms with Crippen molar-refractivity contribution < 1.29 is 14.3 Å². The molecule has 0 aliphatic rings. The van der Waals surface area contributed by atoms with E-state index in [9.17, 15) is 9.59 Å². The van der Waals surface area contributed by atoms with Crippen LogP contribution < -0.4 is 15.4 Å². The van der Waals surface area contributed by atoms with Crippen molar-refractivity contribution in [2.24, 2.45) is 5.92 Å². The minimum Gasteiger partial charge on any atom is -0.494 e. The van der Waals surface area contributed by atoms with Crippen LogP contribution in [0.5, 0.6) is 5.75 Å². The fourth-order valence-electron chi connectivity index (χ4n) is 2.50. The Bertz CT molecular complexity index is 785. The molecule has 0 heterocycles. The monoisotopic (exact) mass is 382 g/mol. The second kappa shape index (κ2) is 10.5. The van der Waals surface area contributed by atoms with E-state index in [1.807, 2.05) is 13.8 Å². The van der Waals surface area contributed by atoms with Crippen molar-refractivity contribution in [2.75, 3.05) is 11.9 Å². The van der Waals surface area contributed by atoms with Crippen LogP contribution in [-0.4, -0.2) is 24.5 Å². The van der Waals surface area contributed by atoms with Crippen LogP contribution >= 0.6 is 0 Å². The number of para-hydroxylation sites is 1. The predicted octanol–water partition coefficient (Wildman–Crippen LogP) is 4.89. The van der Waals surface area contributed by atoms with Crippen LogP contribution in [-0.2, 0) is 0 Å². The van der Waals surface area contributed by atoms with Crippen LogP contribution in [0.15, 0.2) is 48.5 Å². The first-order chi connectivity index (χ1) is 13.4. The van der Waals surface area contributed by atoms with Crippen LogP contribution in [0.3, 0.4) is 0 Å². The molecule has 5 heteroatoms. The van der Waals surface area contributed by atoms with Crippen LogP contribution in [0.25, 0.3) is 0 Å². The van der Waals surface area contributed by atoms with E-state index in [4.69, 9.17) is 4.74 Å². The van der Waals surface area contributed by atoms with Gasteiger partial charge in [0.1, 0.15) is 5.75 Å². The molecule has 0 bridgehead atoms. The first kappa shape index (κ1) is 21.5. The summed E-state index contributed by atoms with van der Waals surface area (Å²) in [6.07, 6.45) is 1.82. The van der Waals surface area contributed by atoms with Gasteiger partial charge in [-0.15, -0.1) is 0 Å². The number of amides is 2. The zero-order valence-electron chi connectivity index (χ0n) is 17.1. The van der Waals surface area contributed by atoms with Gasteiger partial charge in [-0.3, -0.25) is 9.59 Å². The van der Waals surface area contributed by atoms with Crippen molar-refractivity contribution in [1.82, 2.24) is 5.32 Å². The summed E-state index contributed by atoms with van der Waals surface area (Å²) in [4.78, 5) is 25.1. The molecule has 0 aliphatic heterocycles. The van der Waals surface area contributed by atoms with Gasteiger partial charge in [0.15, 0.2) is 0 Å². The maximum atomic E-state index is 12.6. The molecular weight excluding hydrogens is 352 g/mol. The number of nitrogens with one attached hydrogen (secondary N) is 2. The van der Waals surface area contributed by atoms with E-state index in [0.717, 1.165) is 18.6 Å². The summed E-state index contributed by atoms with van der Waals surface area (Å²) in [5.41, 5.74) is 1.45. The van der Waals surface area contributed by atoms with Gasteiger partial charge in [0.05, 0.1) is 17.9 Å². The molecule has 0 aliphatic carbocycles. The van der Waals surface area contributed by atoms with Crippen LogP contribution in [0.1, 0.15) is 61.3 Å². The SMILES string of the molecule is CCC(C)NC(=O)c1ccccc1NC(=O)c1ccc(OCCC(C)C)cc1. The molecular formula is C23H30N2O3. The fraction of sp³-hybridized carbons (Fsp3) is 0.391. The van der Waals surface area contributed by atoms with Gasteiger partial charge in [0, 0.05) is 11.6 Å². The summed E-state index contributed by atoms with van der Waals surface area (Å²) in [5.74, 6) is 0.866. The summed E-state index contributed by atoms with van der Waals surface area (Å²) in [5, 5.41) is 5.76. The molecule has 2 aromatic rings. The highest BCUT2D eigenvalue weighted by molar-refractivity contribution is 6.09. The van der Waals surface area contributed by atoms with Crippen molar-refractivity contribution >= 4 is 17.5 Å². The average molecular weight is 383 g/mol. The first-order valence-electron chi connectivity index (χ1n) is 9.84. The number of hydrogen-bond donors (Lipinski definition) is 2. The lowest BCUT2D eigenvalue weighted by atomic mass is 10.1. The number of carbonyl (C=O) groups excluding carboxylic acids is 2. The van der Waals surface area contributed by atoms with E-state index in [1.165, 1.54) is 0 Å². The first-order valence-corrected chi connectivity index (χ1v) is 9.84. The molecule has 2 amide bonds. The number of ether oxygens (including phenoxy) is 1. The van der Waals surface area contributed by atoms with Crippen molar-refractivity contribution in [3.8, 4) is 5.75 Å². The molecule has 0 fully saturated rings. The van der Waals surface area contributed by atoms with Crippen molar-refractivity contribution in [1.29, 1.82) is 0 Å². The lowest BCUT2D eigenvalue weighted by molar-refractivity contribution is 0.0940. The quantitative estimate of drug-likeness (QED) is 0.649. The van der Waals surface area contributed by atoms with Gasteiger partial charge in [0.25, 0.3) is 11.8 Å². The van der Waals surface area contributed by atoms with Crippen molar-refractivity contribution in [3.05, 3.63) is 59.7 Å². The topological polar surface area (TPSA) is 67.4 Å². The Morgan fingerprint density at radius 3 is 2.29 bits per heavy atom. The maximum Gasteiger partial charge on any atom is 0.255 e. The molecule has 0 saturated carbocycles. The molecule has 2 rings (SSSR count). The number of carbonyl (C=O) groups is 2. The molecule has 5 nitrogen and oxygen atoms in total. The van der Waals surface area contributed by atoms with E-state index in [-0.39, 0.29) is 17.9 Å². The highest BCUT2D eigenvalue weighted by Gasteiger charge is 2.15. The van der Waals surface area contributed by atoms with Crippen LogP contribution in [0, 0.1) is 5.92 Å². The summed E-state index contributed by atoms with van der Waals surface area (Å²) in [6, 6.07) is 14.1. The van der Waals surface area contributed by atoms with Gasteiger partial charge >= 0.3 is 0 Å². The molecule has 0 saturated heterocycles. The smallest absolute Gasteiger partial charge is 0.255 e. The third kappa shape index (κ3) is 6.41. The van der Waals surface area contributed by atoms with Gasteiger partial charge in [-0.1, -0.05) is 32.9 Å². The molecule has 28 heavy (non-hydrogen) atoms. The molecule has 2 N–H and O–H groups in total. The zero-order valence-corrected chi connectivity index (χ0v) is 17.1. The standard InChI is InChI=1S/C23H30N2O3/c1-5-17(4)24-23(27)20-8-6-7-9-21(20)25-22(26)18-10-12-19(13-11-18)28-15-14-16(2)3/h6-13,16-17H,5,14-15H2,1-4H3,(H,24,27)(H,25,26). The minimum absolute atomic E-state index is 0.0690. The fourth-order valence-corrected chi connectivity index (χ4v) is 2.50. The van der Waals surface area contributed by atoms with E-state index < -0.39 is 0 Å². The Kier molecular flexibility index (Phi) is 8.05. The molecule has 1 unspecified atom stereocenters. The van der Waals surface area contributed by atoms with Crippen molar-refractivity contribution in [3.63, 3.8) is 0 Å². The molecule has 0 spiro atoms. The second-order valence-electron chi connectivity index (χ2n) is 7.34. The minimum atomic E-state index is -0.266. The molecule has 0 aromatic heterocycles. The molecule has 1 atom stereocenters. The highest BCUT2D eigenvalue weighted by atomic mass is 16.5. The summed E-state index contributed by atoms with van der Waals surface area (Å²) in [6.45, 7) is 8.91. The summed E-state index contributed by atoms with van der Waals surface area (Å²) in [7, 11) is 0. The van der Waals surface area contributed by atoms with Gasteiger partial charge in [-0.25, -0.2) is 0 Å². The zero-order chi connectivity index (χ0) is 20.5. The van der Waals surface area contributed by atoms with Gasteiger partial charge in [-0.2, -0.15) is 0 Å². The van der Waals surface area contributed by atoms with Crippen LogP contribution in [0.4, 0.5) is 5.69 Å². The Hall–Kier alpha value is -2.82. The Morgan fingerprint density at radius 2 is 1.64 bits per heavy atom.